The van der Waals surface area contributed by atoms with Crippen LogP contribution in [0.25, 0.3) is 0 Å². The van der Waals surface area contributed by atoms with Gasteiger partial charge in [-0.2, -0.15) is 4.39 Å². The molecule has 0 saturated heterocycles. The molecular formula is C8H8FNO. The first kappa shape index (κ1) is 7.85. The predicted octanol–water partition coefficient (Wildman–Crippen LogP) is 1.81. The van der Waals surface area contributed by atoms with Gasteiger partial charge in [0.1, 0.15) is 0 Å². The third-order valence-electron chi connectivity index (χ3n) is 1.37. The molecule has 0 aromatic carbocycles. The number of halogens is 1. The Hall–Kier alpha value is -1.25. The van der Waals surface area contributed by atoms with Crippen molar-refractivity contribution in [1.82, 2.24) is 4.98 Å². The van der Waals surface area contributed by atoms with Crippen molar-refractivity contribution >= 4 is 5.78 Å². The predicted molar refractivity (Wildman–Crippen MR) is 38.8 cm³/mol. The lowest BCUT2D eigenvalue weighted by molar-refractivity contribution is 0.0987. The number of hydrogen-bond acceptors (Lipinski definition) is 2. The van der Waals surface area contributed by atoms with E-state index in [-0.39, 0.29) is 5.78 Å². The van der Waals surface area contributed by atoms with Gasteiger partial charge in [-0.05, 0) is 6.07 Å². The van der Waals surface area contributed by atoms with E-state index in [2.05, 4.69) is 4.98 Å². The zero-order valence-corrected chi connectivity index (χ0v) is 6.17. The fourth-order valence-corrected chi connectivity index (χ4v) is 0.780. The van der Waals surface area contributed by atoms with Crippen LogP contribution in [0, 0.1) is 5.95 Å². The van der Waals surface area contributed by atoms with Crippen LogP contribution in [-0.2, 0) is 0 Å². The summed E-state index contributed by atoms with van der Waals surface area (Å²) in [5, 5.41) is 0. The molecule has 0 aliphatic carbocycles. The Kier molecular flexibility index (Phi) is 2.31. The molecule has 0 saturated carbocycles. The van der Waals surface area contributed by atoms with Crippen molar-refractivity contribution in [2.45, 2.75) is 13.3 Å². The first-order valence-electron chi connectivity index (χ1n) is 3.38. The quantitative estimate of drug-likeness (QED) is 0.479. The van der Waals surface area contributed by atoms with Gasteiger partial charge in [-0.3, -0.25) is 4.79 Å². The van der Waals surface area contributed by atoms with Crippen molar-refractivity contribution in [2.24, 2.45) is 0 Å². The SMILES string of the molecule is CCC(=O)c1ccnc(F)c1. The Labute approximate surface area is 64.1 Å². The summed E-state index contributed by atoms with van der Waals surface area (Å²) in [5.74, 6) is -0.671. The van der Waals surface area contributed by atoms with Crippen LogP contribution in [0.2, 0.25) is 0 Å². The number of ketones is 1. The number of carbonyl (C=O) groups excluding carboxylic acids is 1. The summed E-state index contributed by atoms with van der Waals surface area (Å²) in [7, 11) is 0. The standard InChI is InChI=1S/C8H8FNO/c1-2-7(11)6-3-4-10-8(9)5-6/h3-5H,2H2,1H3. The zero-order chi connectivity index (χ0) is 8.27. The summed E-state index contributed by atoms with van der Waals surface area (Å²) in [6.07, 6.45) is 1.68. The van der Waals surface area contributed by atoms with Crippen LogP contribution in [0.4, 0.5) is 4.39 Å². The Morgan fingerprint density at radius 2 is 2.45 bits per heavy atom. The van der Waals surface area contributed by atoms with Gasteiger partial charge in [0.2, 0.25) is 5.95 Å². The molecule has 1 heterocycles. The Bertz CT molecular complexity index is 273. The summed E-state index contributed by atoms with van der Waals surface area (Å²) < 4.78 is 12.4. The minimum absolute atomic E-state index is 0.0636. The van der Waals surface area contributed by atoms with Crippen LogP contribution >= 0.6 is 0 Å². The van der Waals surface area contributed by atoms with Crippen molar-refractivity contribution in [2.75, 3.05) is 0 Å². The lowest BCUT2D eigenvalue weighted by Crippen LogP contribution is -1.97. The zero-order valence-electron chi connectivity index (χ0n) is 6.17. The van der Waals surface area contributed by atoms with Crippen LogP contribution in [0.3, 0.4) is 0 Å². The number of rotatable bonds is 2. The number of pyridine rings is 1. The second-order valence-corrected chi connectivity index (χ2v) is 2.14. The average molecular weight is 153 g/mol. The van der Waals surface area contributed by atoms with Crippen molar-refractivity contribution in [3.63, 3.8) is 0 Å². The summed E-state index contributed by atoms with van der Waals surface area (Å²) in [4.78, 5) is 14.3. The second kappa shape index (κ2) is 3.23. The van der Waals surface area contributed by atoms with Gasteiger partial charge >= 0.3 is 0 Å². The van der Waals surface area contributed by atoms with Crippen LogP contribution in [0.1, 0.15) is 23.7 Å². The van der Waals surface area contributed by atoms with E-state index in [1.165, 1.54) is 12.3 Å². The maximum atomic E-state index is 12.4. The van der Waals surface area contributed by atoms with E-state index in [4.69, 9.17) is 0 Å². The van der Waals surface area contributed by atoms with E-state index in [1.807, 2.05) is 0 Å². The van der Waals surface area contributed by atoms with Crippen LogP contribution in [-0.4, -0.2) is 10.8 Å². The van der Waals surface area contributed by atoms with Gasteiger partial charge in [-0.25, -0.2) is 4.98 Å². The van der Waals surface area contributed by atoms with Gasteiger partial charge < -0.3 is 0 Å². The molecular weight excluding hydrogens is 145 g/mol. The van der Waals surface area contributed by atoms with E-state index < -0.39 is 5.95 Å². The number of nitrogens with zero attached hydrogens (tertiary/aromatic N) is 1. The Balaban J connectivity index is 2.96. The van der Waals surface area contributed by atoms with E-state index in [9.17, 15) is 9.18 Å². The van der Waals surface area contributed by atoms with E-state index in [0.29, 0.717) is 12.0 Å². The lowest BCUT2D eigenvalue weighted by Gasteiger charge is -1.94. The molecule has 0 aliphatic rings. The van der Waals surface area contributed by atoms with Crippen molar-refractivity contribution < 1.29 is 9.18 Å². The number of aromatic nitrogens is 1. The second-order valence-electron chi connectivity index (χ2n) is 2.14. The maximum absolute atomic E-state index is 12.4. The molecule has 0 atom stereocenters. The van der Waals surface area contributed by atoms with Crippen LogP contribution in [0.5, 0.6) is 0 Å². The van der Waals surface area contributed by atoms with Gasteiger partial charge in [0.25, 0.3) is 0 Å². The van der Waals surface area contributed by atoms with E-state index in [1.54, 1.807) is 6.92 Å². The fraction of sp³-hybridized carbons (Fsp3) is 0.250. The highest BCUT2D eigenvalue weighted by molar-refractivity contribution is 5.95. The summed E-state index contributed by atoms with van der Waals surface area (Å²) in [6.45, 7) is 1.74. The molecule has 0 spiro atoms. The molecule has 0 amide bonds. The molecule has 0 fully saturated rings. The van der Waals surface area contributed by atoms with Gasteiger partial charge in [-0.1, -0.05) is 6.92 Å². The molecule has 11 heavy (non-hydrogen) atoms. The third kappa shape index (κ3) is 1.83. The first-order valence-corrected chi connectivity index (χ1v) is 3.38. The highest BCUT2D eigenvalue weighted by Gasteiger charge is 2.02. The molecule has 0 N–H and O–H groups in total. The molecule has 58 valence electrons. The molecule has 0 aliphatic heterocycles. The minimum Gasteiger partial charge on any atom is -0.294 e. The monoisotopic (exact) mass is 153 g/mol. The third-order valence-corrected chi connectivity index (χ3v) is 1.37. The largest absolute Gasteiger partial charge is 0.294 e. The fourth-order valence-electron chi connectivity index (χ4n) is 0.780. The molecule has 2 nitrogen and oxygen atoms in total. The number of Topliss-reactive ketones (excluding diaryl/α,β-unsaturated/α-hetero) is 1. The van der Waals surface area contributed by atoms with Crippen LogP contribution < -0.4 is 0 Å². The molecule has 0 radical (unpaired) electrons. The van der Waals surface area contributed by atoms with Gasteiger partial charge in [0, 0.05) is 24.2 Å². The summed E-state index contributed by atoms with van der Waals surface area (Å²) >= 11 is 0. The van der Waals surface area contributed by atoms with Gasteiger partial charge in [0.15, 0.2) is 5.78 Å². The first-order chi connectivity index (χ1) is 5.24. The maximum Gasteiger partial charge on any atom is 0.213 e. The molecule has 1 rings (SSSR count). The summed E-state index contributed by atoms with van der Waals surface area (Å²) in [5.41, 5.74) is 0.389. The highest BCUT2D eigenvalue weighted by Crippen LogP contribution is 2.03. The topological polar surface area (TPSA) is 30.0 Å². The molecule has 1 aromatic heterocycles. The highest BCUT2D eigenvalue weighted by atomic mass is 19.1. The van der Waals surface area contributed by atoms with Crippen molar-refractivity contribution in [3.05, 3.63) is 29.8 Å². The minimum atomic E-state index is -0.607. The molecule has 0 bridgehead atoms. The van der Waals surface area contributed by atoms with Crippen molar-refractivity contribution in [1.29, 1.82) is 0 Å². The van der Waals surface area contributed by atoms with E-state index >= 15 is 0 Å². The summed E-state index contributed by atoms with van der Waals surface area (Å²) in [6, 6.07) is 2.65. The Morgan fingerprint density at radius 3 is 3.00 bits per heavy atom. The van der Waals surface area contributed by atoms with Crippen molar-refractivity contribution in [3.8, 4) is 0 Å². The number of carbonyl (C=O) groups is 1. The van der Waals surface area contributed by atoms with Gasteiger partial charge in [-0.15, -0.1) is 0 Å². The molecule has 3 heteroatoms. The smallest absolute Gasteiger partial charge is 0.213 e. The lowest BCUT2D eigenvalue weighted by atomic mass is 10.1. The average Bonchev–Trinajstić information content (AvgIpc) is 2.03. The molecule has 0 unspecified atom stereocenters. The molecule has 1 aromatic rings. The normalized spacial score (nSPS) is 9.64. The number of hydrogen-bond donors (Lipinski definition) is 0. The van der Waals surface area contributed by atoms with Gasteiger partial charge in [0.05, 0.1) is 0 Å². The van der Waals surface area contributed by atoms with E-state index in [0.717, 1.165) is 6.07 Å². The Morgan fingerprint density at radius 1 is 1.73 bits per heavy atom. The van der Waals surface area contributed by atoms with Crippen LogP contribution in [0.15, 0.2) is 18.3 Å².